The van der Waals surface area contributed by atoms with Gasteiger partial charge in [0.25, 0.3) is 0 Å². The van der Waals surface area contributed by atoms with Crippen LogP contribution in [-0.2, 0) is 28.9 Å². The molecule has 106 valence electrons. The summed E-state index contributed by atoms with van der Waals surface area (Å²) in [5.41, 5.74) is 1.38. The van der Waals surface area contributed by atoms with E-state index < -0.39 is 11.4 Å². The van der Waals surface area contributed by atoms with Crippen LogP contribution in [0.25, 0.3) is 0 Å². The van der Waals surface area contributed by atoms with Gasteiger partial charge in [0.2, 0.25) is 0 Å². The summed E-state index contributed by atoms with van der Waals surface area (Å²) in [6.45, 7) is 5.95. The van der Waals surface area contributed by atoms with Crippen molar-refractivity contribution in [2.24, 2.45) is 5.41 Å². The van der Waals surface area contributed by atoms with Crippen LogP contribution in [0, 0.1) is 5.41 Å². The van der Waals surface area contributed by atoms with Gasteiger partial charge in [-0.25, -0.2) is 0 Å². The molecule has 1 N–H and O–H groups in total. The van der Waals surface area contributed by atoms with E-state index in [0.717, 1.165) is 24.4 Å². The molecule has 19 heavy (non-hydrogen) atoms. The topological polar surface area (TPSA) is 64.3 Å². The van der Waals surface area contributed by atoms with Gasteiger partial charge in [0.05, 0.1) is 11.1 Å². The zero-order valence-corrected chi connectivity index (χ0v) is 11.7. The van der Waals surface area contributed by atoms with Crippen LogP contribution >= 0.6 is 0 Å². The molecule has 0 saturated carbocycles. The maximum atomic E-state index is 11.7. The molecule has 1 fully saturated rings. The number of nitrogens with zero attached hydrogens (tertiary/aromatic N) is 2. The minimum Gasteiger partial charge on any atom is -0.481 e. The summed E-state index contributed by atoms with van der Waals surface area (Å²) in [5, 5.41) is 14.1. The van der Waals surface area contributed by atoms with Crippen molar-refractivity contribution in [3.63, 3.8) is 0 Å². The first-order valence-electron chi connectivity index (χ1n) is 6.98. The molecule has 1 aliphatic rings. The highest BCUT2D eigenvalue weighted by Gasteiger charge is 2.41. The quantitative estimate of drug-likeness (QED) is 0.884. The Morgan fingerprint density at radius 1 is 1.47 bits per heavy atom. The lowest BCUT2D eigenvalue weighted by atomic mass is 9.76. The normalized spacial score (nSPS) is 18.4. The van der Waals surface area contributed by atoms with Crippen molar-refractivity contribution in [2.45, 2.75) is 46.1 Å². The van der Waals surface area contributed by atoms with Gasteiger partial charge >= 0.3 is 5.97 Å². The first-order valence-corrected chi connectivity index (χ1v) is 6.98. The van der Waals surface area contributed by atoms with Gasteiger partial charge < -0.3 is 9.84 Å². The Morgan fingerprint density at radius 2 is 2.16 bits per heavy atom. The Morgan fingerprint density at radius 3 is 2.68 bits per heavy atom. The molecule has 1 aromatic heterocycles. The second-order valence-corrected chi connectivity index (χ2v) is 5.17. The van der Waals surface area contributed by atoms with Crippen LogP contribution in [0.2, 0.25) is 0 Å². The Balaban J connectivity index is 2.26. The number of aromatic nitrogens is 2. The third-order valence-corrected chi connectivity index (χ3v) is 4.00. The zero-order chi connectivity index (χ0) is 13.9. The molecule has 0 amide bonds. The van der Waals surface area contributed by atoms with Crippen molar-refractivity contribution in [2.75, 3.05) is 13.2 Å². The van der Waals surface area contributed by atoms with Gasteiger partial charge in [0.15, 0.2) is 0 Å². The molecule has 0 spiro atoms. The lowest BCUT2D eigenvalue weighted by Crippen LogP contribution is -2.39. The lowest BCUT2D eigenvalue weighted by molar-refractivity contribution is -0.154. The fraction of sp³-hybridized carbons (Fsp3) is 0.714. The van der Waals surface area contributed by atoms with E-state index in [2.05, 4.69) is 12.0 Å². The molecule has 1 aliphatic heterocycles. The molecule has 0 aromatic carbocycles. The SMILES string of the molecule is CCc1cc(CC2(C(=O)O)CCOCC2)n(CC)n1. The second-order valence-electron chi connectivity index (χ2n) is 5.17. The van der Waals surface area contributed by atoms with Crippen LogP contribution in [0.5, 0.6) is 0 Å². The van der Waals surface area contributed by atoms with E-state index in [1.807, 2.05) is 17.7 Å². The predicted molar refractivity (Wildman–Crippen MR) is 71.1 cm³/mol. The molecule has 0 atom stereocenters. The standard InChI is InChI=1S/C14H22N2O3/c1-3-11-9-12(16(4-2)15-11)10-14(13(17)18)5-7-19-8-6-14/h9H,3-8,10H2,1-2H3,(H,17,18). The van der Waals surface area contributed by atoms with Crippen molar-refractivity contribution < 1.29 is 14.6 Å². The molecule has 0 aliphatic carbocycles. The molecular formula is C14H22N2O3. The molecule has 0 unspecified atom stereocenters. The molecule has 2 heterocycles. The number of rotatable bonds is 5. The van der Waals surface area contributed by atoms with Crippen LogP contribution in [0.4, 0.5) is 0 Å². The number of hydrogen-bond donors (Lipinski definition) is 1. The molecule has 5 heteroatoms. The average molecular weight is 266 g/mol. The van der Waals surface area contributed by atoms with E-state index in [0.29, 0.717) is 32.5 Å². The average Bonchev–Trinajstić information content (AvgIpc) is 2.81. The Labute approximate surface area is 113 Å². The summed E-state index contributed by atoms with van der Waals surface area (Å²) in [4.78, 5) is 11.7. The number of carboxylic acids is 1. The Hall–Kier alpha value is -1.36. The molecular weight excluding hydrogens is 244 g/mol. The highest BCUT2D eigenvalue weighted by Crippen LogP contribution is 2.35. The van der Waals surface area contributed by atoms with Crippen LogP contribution in [0.1, 0.15) is 38.1 Å². The third-order valence-electron chi connectivity index (χ3n) is 4.00. The summed E-state index contributed by atoms with van der Waals surface area (Å²) in [7, 11) is 0. The number of ether oxygens (including phenoxy) is 1. The Kier molecular flexibility index (Phi) is 4.24. The first-order chi connectivity index (χ1) is 9.11. The van der Waals surface area contributed by atoms with Crippen molar-refractivity contribution in [3.05, 3.63) is 17.5 Å². The summed E-state index contributed by atoms with van der Waals surface area (Å²) in [6, 6.07) is 2.05. The first kappa shape index (κ1) is 14.1. The van der Waals surface area contributed by atoms with Gasteiger partial charge in [-0.2, -0.15) is 5.10 Å². The maximum Gasteiger partial charge on any atom is 0.310 e. The molecule has 0 radical (unpaired) electrons. The van der Waals surface area contributed by atoms with Crippen molar-refractivity contribution >= 4 is 5.97 Å². The fourth-order valence-corrected chi connectivity index (χ4v) is 2.68. The van der Waals surface area contributed by atoms with E-state index >= 15 is 0 Å². The summed E-state index contributed by atoms with van der Waals surface area (Å²) in [6.07, 6.45) is 2.59. The molecule has 1 saturated heterocycles. The molecule has 5 nitrogen and oxygen atoms in total. The van der Waals surface area contributed by atoms with Crippen molar-refractivity contribution in [1.82, 2.24) is 9.78 Å². The lowest BCUT2D eigenvalue weighted by Gasteiger charge is -2.33. The predicted octanol–water partition coefficient (Wildman–Crippen LogP) is 1.89. The van der Waals surface area contributed by atoms with E-state index in [4.69, 9.17) is 4.74 Å². The number of hydrogen-bond acceptors (Lipinski definition) is 3. The van der Waals surface area contributed by atoms with Crippen LogP contribution < -0.4 is 0 Å². The minimum atomic E-state index is -0.710. The molecule has 0 bridgehead atoms. The van der Waals surface area contributed by atoms with Crippen LogP contribution in [0.15, 0.2) is 6.07 Å². The molecule has 2 rings (SSSR count). The van der Waals surface area contributed by atoms with Crippen molar-refractivity contribution in [1.29, 1.82) is 0 Å². The third kappa shape index (κ3) is 2.81. The van der Waals surface area contributed by atoms with E-state index in [1.54, 1.807) is 0 Å². The zero-order valence-electron chi connectivity index (χ0n) is 11.7. The smallest absolute Gasteiger partial charge is 0.310 e. The summed E-state index contributed by atoms with van der Waals surface area (Å²) >= 11 is 0. The van der Waals surface area contributed by atoms with Gasteiger partial charge in [0, 0.05) is 31.9 Å². The largest absolute Gasteiger partial charge is 0.481 e. The minimum absolute atomic E-state index is 0.535. The van der Waals surface area contributed by atoms with Crippen LogP contribution in [-0.4, -0.2) is 34.1 Å². The Bertz CT molecular complexity index is 448. The maximum absolute atomic E-state index is 11.7. The highest BCUT2D eigenvalue weighted by molar-refractivity contribution is 5.75. The number of aryl methyl sites for hydroxylation is 2. The number of aliphatic carboxylic acids is 1. The number of carboxylic acid groups (broad SMARTS) is 1. The van der Waals surface area contributed by atoms with Crippen molar-refractivity contribution in [3.8, 4) is 0 Å². The van der Waals surface area contributed by atoms with Gasteiger partial charge in [-0.3, -0.25) is 9.48 Å². The highest BCUT2D eigenvalue weighted by atomic mass is 16.5. The molecule has 1 aromatic rings. The van der Waals surface area contributed by atoms with Gasteiger partial charge in [-0.15, -0.1) is 0 Å². The number of carbonyl (C=O) groups is 1. The second kappa shape index (κ2) is 5.74. The summed E-state index contributed by atoms with van der Waals surface area (Å²) in [5.74, 6) is -0.710. The van der Waals surface area contributed by atoms with E-state index in [9.17, 15) is 9.90 Å². The van der Waals surface area contributed by atoms with E-state index in [-0.39, 0.29) is 0 Å². The van der Waals surface area contributed by atoms with Gasteiger partial charge in [-0.1, -0.05) is 6.92 Å². The van der Waals surface area contributed by atoms with Gasteiger partial charge in [0.1, 0.15) is 0 Å². The summed E-state index contributed by atoms with van der Waals surface area (Å²) < 4.78 is 7.24. The fourth-order valence-electron chi connectivity index (χ4n) is 2.68. The van der Waals surface area contributed by atoms with Gasteiger partial charge in [-0.05, 0) is 32.3 Å². The van der Waals surface area contributed by atoms with E-state index in [1.165, 1.54) is 0 Å². The monoisotopic (exact) mass is 266 g/mol. The van der Waals surface area contributed by atoms with Crippen LogP contribution in [0.3, 0.4) is 0 Å².